The normalized spacial score (nSPS) is 10.6. The zero-order valence-corrected chi connectivity index (χ0v) is 11.9. The van der Waals surface area contributed by atoms with E-state index < -0.39 is 0 Å². The SMILES string of the molecule is CCn1nc(-c2cc(C)ccc2OC)cc(CO)c1=O. The highest BCUT2D eigenvalue weighted by atomic mass is 16.5. The maximum atomic E-state index is 11.9. The van der Waals surface area contributed by atoms with E-state index in [0.717, 1.165) is 11.1 Å². The highest BCUT2D eigenvalue weighted by molar-refractivity contribution is 5.68. The summed E-state index contributed by atoms with van der Waals surface area (Å²) in [5.41, 5.74) is 2.58. The molecule has 0 amide bonds. The molecule has 0 spiro atoms. The number of hydrogen-bond donors (Lipinski definition) is 1. The molecule has 0 radical (unpaired) electrons. The molecule has 0 saturated heterocycles. The third kappa shape index (κ3) is 2.58. The van der Waals surface area contributed by atoms with Gasteiger partial charge in [0.2, 0.25) is 0 Å². The molecule has 106 valence electrons. The van der Waals surface area contributed by atoms with Gasteiger partial charge in [-0.2, -0.15) is 5.10 Å². The second kappa shape index (κ2) is 5.88. The molecule has 0 aliphatic heterocycles. The van der Waals surface area contributed by atoms with Gasteiger partial charge in [-0.3, -0.25) is 4.79 Å². The van der Waals surface area contributed by atoms with E-state index in [-0.39, 0.29) is 12.2 Å². The van der Waals surface area contributed by atoms with Crippen LogP contribution in [0, 0.1) is 6.92 Å². The number of aromatic nitrogens is 2. The average Bonchev–Trinajstić information content (AvgIpc) is 2.47. The zero-order valence-electron chi connectivity index (χ0n) is 11.9. The molecule has 0 unspecified atom stereocenters. The molecule has 0 aliphatic rings. The van der Waals surface area contributed by atoms with Crippen LogP contribution in [-0.2, 0) is 13.2 Å². The fourth-order valence-electron chi connectivity index (χ4n) is 2.08. The highest BCUT2D eigenvalue weighted by Crippen LogP contribution is 2.29. The molecule has 2 aromatic rings. The summed E-state index contributed by atoms with van der Waals surface area (Å²) in [6, 6.07) is 7.38. The van der Waals surface area contributed by atoms with Crippen LogP contribution in [0.2, 0.25) is 0 Å². The lowest BCUT2D eigenvalue weighted by atomic mass is 10.1. The van der Waals surface area contributed by atoms with Gasteiger partial charge in [-0.05, 0) is 32.0 Å². The Labute approximate surface area is 117 Å². The lowest BCUT2D eigenvalue weighted by Gasteiger charge is -2.12. The Morgan fingerprint density at radius 1 is 1.35 bits per heavy atom. The number of aliphatic hydroxyl groups is 1. The summed E-state index contributed by atoms with van der Waals surface area (Å²) in [5.74, 6) is 0.688. The minimum Gasteiger partial charge on any atom is -0.496 e. The second-order valence-electron chi connectivity index (χ2n) is 4.54. The molecule has 0 saturated carbocycles. The standard InChI is InChI=1S/C15H18N2O3/c1-4-17-15(19)11(9-18)8-13(16-17)12-7-10(2)5-6-14(12)20-3/h5-8,18H,4,9H2,1-3H3. The minimum absolute atomic E-state index is 0.259. The second-order valence-corrected chi connectivity index (χ2v) is 4.54. The predicted molar refractivity (Wildman–Crippen MR) is 76.8 cm³/mol. The molecule has 0 aliphatic carbocycles. The molecule has 1 heterocycles. The first-order valence-electron chi connectivity index (χ1n) is 6.47. The van der Waals surface area contributed by atoms with Crippen molar-refractivity contribution in [3.05, 3.63) is 45.7 Å². The zero-order chi connectivity index (χ0) is 14.7. The first kappa shape index (κ1) is 14.3. The molecule has 2 rings (SSSR count). The molecule has 1 aromatic heterocycles. The van der Waals surface area contributed by atoms with Crippen molar-refractivity contribution >= 4 is 0 Å². The van der Waals surface area contributed by atoms with Gasteiger partial charge in [0, 0.05) is 17.7 Å². The van der Waals surface area contributed by atoms with Gasteiger partial charge >= 0.3 is 0 Å². The van der Waals surface area contributed by atoms with E-state index in [1.165, 1.54) is 4.68 Å². The van der Waals surface area contributed by atoms with Gasteiger partial charge in [0.1, 0.15) is 5.75 Å². The van der Waals surface area contributed by atoms with Crippen molar-refractivity contribution < 1.29 is 9.84 Å². The largest absolute Gasteiger partial charge is 0.496 e. The first-order chi connectivity index (χ1) is 9.60. The van der Waals surface area contributed by atoms with Gasteiger partial charge in [0.15, 0.2) is 0 Å². The number of methoxy groups -OCH3 is 1. The van der Waals surface area contributed by atoms with Crippen LogP contribution in [0.25, 0.3) is 11.3 Å². The van der Waals surface area contributed by atoms with Crippen LogP contribution < -0.4 is 10.3 Å². The van der Waals surface area contributed by atoms with Crippen LogP contribution in [-0.4, -0.2) is 22.0 Å². The smallest absolute Gasteiger partial charge is 0.272 e. The molecule has 20 heavy (non-hydrogen) atoms. The maximum absolute atomic E-state index is 11.9. The molecular weight excluding hydrogens is 256 g/mol. The number of aryl methyl sites for hydroxylation is 2. The molecule has 0 bridgehead atoms. The van der Waals surface area contributed by atoms with Gasteiger partial charge in [-0.25, -0.2) is 4.68 Å². The monoisotopic (exact) mass is 274 g/mol. The van der Waals surface area contributed by atoms with Crippen molar-refractivity contribution in [1.29, 1.82) is 0 Å². The highest BCUT2D eigenvalue weighted by Gasteiger charge is 2.12. The number of rotatable bonds is 4. The topological polar surface area (TPSA) is 64.3 Å². The van der Waals surface area contributed by atoms with E-state index in [2.05, 4.69) is 5.10 Å². The van der Waals surface area contributed by atoms with E-state index in [9.17, 15) is 9.90 Å². The molecule has 5 nitrogen and oxygen atoms in total. The average molecular weight is 274 g/mol. The molecule has 0 atom stereocenters. The predicted octanol–water partition coefficient (Wildman–Crippen LogP) is 1.74. The Bertz CT molecular complexity index is 649. The van der Waals surface area contributed by atoms with Crippen LogP contribution in [0.5, 0.6) is 5.75 Å². The van der Waals surface area contributed by atoms with E-state index in [4.69, 9.17) is 4.74 Å². The Hall–Kier alpha value is -2.14. The lowest BCUT2D eigenvalue weighted by Crippen LogP contribution is -2.26. The van der Waals surface area contributed by atoms with Gasteiger partial charge in [0.05, 0.1) is 19.4 Å². The van der Waals surface area contributed by atoms with Crippen molar-refractivity contribution in [1.82, 2.24) is 9.78 Å². The van der Waals surface area contributed by atoms with Crippen LogP contribution in [0.3, 0.4) is 0 Å². The Balaban J connectivity index is 2.69. The first-order valence-corrected chi connectivity index (χ1v) is 6.47. The molecule has 5 heteroatoms. The van der Waals surface area contributed by atoms with Crippen molar-refractivity contribution in [3.63, 3.8) is 0 Å². The minimum atomic E-state index is -0.303. The number of aliphatic hydroxyl groups excluding tert-OH is 1. The van der Waals surface area contributed by atoms with Crippen molar-refractivity contribution in [2.24, 2.45) is 0 Å². The fourth-order valence-corrected chi connectivity index (χ4v) is 2.08. The molecule has 1 N–H and O–H groups in total. The van der Waals surface area contributed by atoms with E-state index >= 15 is 0 Å². The summed E-state index contributed by atoms with van der Waals surface area (Å²) >= 11 is 0. The maximum Gasteiger partial charge on any atom is 0.272 e. The third-order valence-corrected chi connectivity index (χ3v) is 3.15. The van der Waals surface area contributed by atoms with Crippen molar-refractivity contribution in [2.75, 3.05) is 7.11 Å². The third-order valence-electron chi connectivity index (χ3n) is 3.15. The molecule has 1 aromatic carbocycles. The Kier molecular flexibility index (Phi) is 4.20. The van der Waals surface area contributed by atoms with Gasteiger partial charge < -0.3 is 9.84 Å². The quantitative estimate of drug-likeness (QED) is 0.922. The van der Waals surface area contributed by atoms with Crippen LogP contribution in [0.4, 0.5) is 0 Å². The molecule has 0 fully saturated rings. The van der Waals surface area contributed by atoms with Crippen LogP contribution >= 0.6 is 0 Å². The van der Waals surface area contributed by atoms with Crippen LogP contribution in [0.15, 0.2) is 29.1 Å². The summed E-state index contributed by atoms with van der Waals surface area (Å²) in [5, 5.41) is 13.7. The number of hydrogen-bond acceptors (Lipinski definition) is 4. The summed E-state index contributed by atoms with van der Waals surface area (Å²) in [7, 11) is 1.59. The summed E-state index contributed by atoms with van der Waals surface area (Å²) < 4.78 is 6.69. The van der Waals surface area contributed by atoms with Crippen molar-refractivity contribution in [2.45, 2.75) is 27.0 Å². The van der Waals surface area contributed by atoms with Gasteiger partial charge in [-0.1, -0.05) is 11.6 Å². The summed E-state index contributed by atoms with van der Waals surface area (Å²) in [6.45, 7) is 3.97. The van der Waals surface area contributed by atoms with Gasteiger partial charge in [0.25, 0.3) is 5.56 Å². The summed E-state index contributed by atoms with van der Waals surface area (Å²) in [6.07, 6.45) is 0. The van der Waals surface area contributed by atoms with E-state index in [0.29, 0.717) is 23.6 Å². The van der Waals surface area contributed by atoms with E-state index in [1.807, 2.05) is 32.0 Å². The Morgan fingerprint density at radius 3 is 2.70 bits per heavy atom. The van der Waals surface area contributed by atoms with E-state index in [1.54, 1.807) is 13.2 Å². The van der Waals surface area contributed by atoms with Gasteiger partial charge in [-0.15, -0.1) is 0 Å². The molecular formula is C15H18N2O3. The van der Waals surface area contributed by atoms with Crippen molar-refractivity contribution in [3.8, 4) is 17.0 Å². The van der Waals surface area contributed by atoms with Crippen LogP contribution in [0.1, 0.15) is 18.1 Å². The number of nitrogens with zero attached hydrogens (tertiary/aromatic N) is 2. The Morgan fingerprint density at radius 2 is 2.10 bits per heavy atom. The number of benzene rings is 1. The number of ether oxygens (including phenoxy) is 1. The summed E-state index contributed by atoms with van der Waals surface area (Å²) in [4.78, 5) is 11.9. The lowest BCUT2D eigenvalue weighted by molar-refractivity contribution is 0.278. The fraction of sp³-hybridized carbons (Fsp3) is 0.333.